The Morgan fingerprint density at radius 1 is 1.19 bits per heavy atom. The highest BCUT2D eigenvalue weighted by Gasteiger charge is 2.09. The molecule has 2 aromatic carbocycles. The SMILES string of the molecule is CC(C)Oc1ccc(NC(=O)c2ccc(Br)cc2)cc1Cl. The van der Waals surface area contributed by atoms with Crippen molar-refractivity contribution in [3.63, 3.8) is 0 Å². The summed E-state index contributed by atoms with van der Waals surface area (Å²) < 4.78 is 6.48. The lowest BCUT2D eigenvalue weighted by Gasteiger charge is -2.12. The van der Waals surface area contributed by atoms with Crippen LogP contribution in [0.4, 0.5) is 5.69 Å². The Hall–Kier alpha value is -1.52. The van der Waals surface area contributed by atoms with Crippen molar-refractivity contribution >= 4 is 39.1 Å². The standard InChI is InChI=1S/C16H15BrClNO2/c1-10(2)21-15-8-7-13(9-14(15)18)19-16(20)11-3-5-12(17)6-4-11/h3-10H,1-2H3,(H,19,20). The molecule has 2 aromatic rings. The van der Waals surface area contributed by atoms with Gasteiger partial charge in [-0.15, -0.1) is 0 Å². The normalized spacial score (nSPS) is 10.5. The molecule has 0 radical (unpaired) electrons. The fourth-order valence-corrected chi connectivity index (χ4v) is 2.22. The lowest BCUT2D eigenvalue weighted by molar-refractivity contribution is 0.102. The molecule has 0 unspecified atom stereocenters. The van der Waals surface area contributed by atoms with Crippen molar-refractivity contribution in [3.05, 3.63) is 57.5 Å². The summed E-state index contributed by atoms with van der Waals surface area (Å²) in [6.07, 6.45) is 0.0470. The van der Waals surface area contributed by atoms with E-state index in [0.717, 1.165) is 4.47 Å². The average molecular weight is 369 g/mol. The van der Waals surface area contributed by atoms with E-state index in [4.69, 9.17) is 16.3 Å². The summed E-state index contributed by atoms with van der Waals surface area (Å²) in [6, 6.07) is 12.3. The van der Waals surface area contributed by atoms with Crippen LogP contribution in [0.1, 0.15) is 24.2 Å². The Morgan fingerprint density at radius 3 is 2.43 bits per heavy atom. The predicted molar refractivity (Wildman–Crippen MR) is 89.3 cm³/mol. The Labute approximate surface area is 137 Å². The van der Waals surface area contributed by atoms with Crippen molar-refractivity contribution in [1.29, 1.82) is 0 Å². The van der Waals surface area contributed by atoms with Gasteiger partial charge >= 0.3 is 0 Å². The van der Waals surface area contributed by atoms with E-state index >= 15 is 0 Å². The number of halogens is 2. The molecule has 0 aliphatic carbocycles. The van der Waals surface area contributed by atoms with Crippen LogP contribution in [0.3, 0.4) is 0 Å². The number of anilines is 1. The maximum Gasteiger partial charge on any atom is 0.255 e. The van der Waals surface area contributed by atoms with Crippen LogP contribution in [-0.2, 0) is 0 Å². The Morgan fingerprint density at radius 2 is 1.86 bits per heavy atom. The third-order valence-electron chi connectivity index (χ3n) is 2.66. The zero-order chi connectivity index (χ0) is 15.4. The second kappa shape index (κ2) is 6.96. The molecule has 5 heteroatoms. The first-order valence-corrected chi connectivity index (χ1v) is 7.66. The number of benzene rings is 2. The first-order chi connectivity index (χ1) is 9.95. The molecule has 2 rings (SSSR count). The van der Waals surface area contributed by atoms with Gasteiger partial charge in [0.2, 0.25) is 0 Å². The number of carbonyl (C=O) groups is 1. The molecule has 0 heterocycles. The molecule has 0 aliphatic heterocycles. The summed E-state index contributed by atoms with van der Waals surface area (Å²) in [5.74, 6) is 0.421. The molecule has 1 N–H and O–H groups in total. The van der Waals surface area contributed by atoms with E-state index in [1.165, 1.54) is 0 Å². The minimum atomic E-state index is -0.184. The van der Waals surface area contributed by atoms with Crippen LogP contribution in [0.25, 0.3) is 0 Å². The molecule has 0 atom stereocenters. The Kier molecular flexibility index (Phi) is 5.26. The Bertz CT molecular complexity index is 641. The van der Waals surface area contributed by atoms with Crippen molar-refractivity contribution < 1.29 is 9.53 Å². The van der Waals surface area contributed by atoms with Gasteiger partial charge < -0.3 is 10.1 Å². The fourth-order valence-electron chi connectivity index (χ4n) is 1.73. The molecule has 3 nitrogen and oxygen atoms in total. The number of hydrogen-bond donors (Lipinski definition) is 1. The van der Waals surface area contributed by atoms with Crippen LogP contribution in [0.15, 0.2) is 46.9 Å². The monoisotopic (exact) mass is 367 g/mol. The first-order valence-electron chi connectivity index (χ1n) is 6.49. The quantitative estimate of drug-likeness (QED) is 0.811. The van der Waals surface area contributed by atoms with Gasteiger partial charge in [0.1, 0.15) is 5.75 Å². The predicted octanol–water partition coefficient (Wildman–Crippen LogP) is 5.14. The fraction of sp³-hybridized carbons (Fsp3) is 0.188. The van der Waals surface area contributed by atoms with Gasteiger partial charge in [-0.1, -0.05) is 27.5 Å². The van der Waals surface area contributed by atoms with Gasteiger partial charge in [-0.05, 0) is 56.3 Å². The third kappa shape index (κ3) is 4.48. The van der Waals surface area contributed by atoms with Crippen LogP contribution in [0.2, 0.25) is 5.02 Å². The molecule has 110 valence electrons. The molecule has 0 bridgehead atoms. The van der Waals surface area contributed by atoms with Crippen molar-refractivity contribution in [2.24, 2.45) is 0 Å². The first kappa shape index (κ1) is 15.9. The second-order valence-corrected chi connectivity index (χ2v) is 6.10. The number of carbonyl (C=O) groups excluding carboxylic acids is 1. The molecule has 0 spiro atoms. The van der Waals surface area contributed by atoms with Gasteiger partial charge in [0.25, 0.3) is 5.91 Å². The van der Waals surface area contributed by atoms with Gasteiger partial charge in [-0.3, -0.25) is 4.79 Å². The summed E-state index contributed by atoms with van der Waals surface area (Å²) in [4.78, 5) is 12.1. The van der Waals surface area contributed by atoms with Gasteiger partial charge in [-0.25, -0.2) is 0 Å². The molecular weight excluding hydrogens is 354 g/mol. The largest absolute Gasteiger partial charge is 0.489 e. The van der Waals surface area contributed by atoms with Gasteiger partial charge in [-0.2, -0.15) is 0 Å². The van der Waals surface area contributed by atoms with E-state index in [1.54, 1.807) is 30.3 Å². The smallest absolute Gasteiger partial charge is 0.255 e. The molecule has 0 fully saturated rings. The Balaban J connectivity index is 2.11. The lowest BCUT2D eigenvalue weighted by Crippen LogP contribution is -2.12. The topological polar surface area (TPSA) is 38.3 Å². The molecule has 0 saturated carbocycles. The minimum Gasteiger partial charge on any atom is -0.489 e. The highest BCUT2D eigenvalue weighted by atomic mass is 79.9. The maximum atomic E-state index is 12.1. The summed E-state index contributed by atoms with van der Waals surface area (Å²) in [5.41, 5.74) is 1.21. The van der Waals surface area contributed by atoms with Crippen molar-refractivity contribution in [3.8, 4) is 5.75 Å². The van der Waals surface area contributed by atoms with Crippen LogP contribution >= 0.6 is 27.5 Å². The highest BCUT2D eigenvalue weighted by molar-refractivity contribution is 9.10. The van der Waals surface area contributed by atoms with E-state index in [9.17, 15) is 4.79 Å². The minimum absolute atomic E-state index is 0.0470. The molecule has 0 aromatic heterocycles. The summed E-state index contributed by atoms with van der Waals surface area (Å²) in [7, 11) is 0. The summed E-state index contributed by atoms with van der Waals surface area (Å²) in [6.45, 7) is 3.86. The van der Waals surface area contributed by atoms with E-state index in [-0.39, 0.29) is 12.0 Å². The van der Waals surface area contributed by atoms with Crippen LogP contribution < -0.4 is 10.1 Å². The number of ether oxygens (including phenoxy) is 1. The number of rotatable bonds is 4. The van der Waals surface area contributed by atoms with Gasteiger partial charge in [0, 0.05) is 15.7 Å². The average Bonchev–Trinajstić information content (AvgIpc) is 2.42. The van der Waals surface area contributed by atoms with E-state index in [0.29, 0.717) is 22.0 Å². The second-order valence-electron chi connectivity index (χ2n) is 4.77. The molecular formula is C16H15BrClNO2. The molecule has 0 aliphatic rings. The number of nitrogens with one attached hydrogen (secondary N) is 1. The zero-order valence-electron chi connectivity index (χ0n) is 11.7. The van der Waals surface area contributed by atoms with Gasteiger partial charge in [0.05, 0.1) is 11.1 Å². The van der Waals surface area contributed by atoms with Crippen LogP contribution in [0, 0.1) is 0 Å². The van der Waals surface area contributed by atoms with E-state index < -0.39 is 0 Å². The summed E-state index contributed by atoms with van der Waals surface area (Å²) in [5, 5.41) is 3.27. The molecule has 1 amide bonds. The van der Waals surface area contributed by atoms with E-state index in [1.807, 2.05) is 26.0 Å². The van der Waals surface area contributed by atoms with Gasteiger partial charge in [0.15, 0.2) is 0 Å². The van der Waals surface area contributed by atoms with Crippen molar-refractivity contribution in [1.82, 2.24) is 0 Å². The van der Waals surface area contributed by atoms with Crippen molar-refractivity contribution in [2.45, 2.75) is 20.0 Å². The maximum absolute atomic E-state index is 12.1. The van der Waals surface area contributed by atoms with Crippen LogP contribution in [0.5, 0.6) is 5.75 Å². The van der Waals surface area contributed by atoms with Crippen molar-refractivity contribution in [2.75, 3.05) is 5.32 Å². The van der Waals surface area contributed by atoms with E-state index in [2.05, 4.69) is 21.2 Å². The third-order valence-corrected chi connectivity index (χ3v) is 3.48. The molecule has 21 heavy (non-hydrogen) atoms. The van der Waals surface area contributed by atoms with Crippen LogP contribution in [-0.4, -0.2) is 12.0 Å². The lowest BCUT2D eigenvalue weighted by atomic mass is 10.2. The summed E-state index contributed by atoms with van der Waals surface area (Å²) >= 11 is 9.48. The highest BCUT2D eigenvalue weighted by Crippen LogP contribution is 2.28. The number of hydrogen-bond acceptors (Lipinski definition) is 2. The zero-order valence-corrected chi connectivity index (χ0v) is 14.0. The number of amides is 1. The molecule has 0 saturated heterocycles.